The van der Waals surface area contributed by atoms with Crippen LogP contribution in [0.25, 0.3) is 0 Å². The number of fused-ring (bicyclic) bond motifs is 1. The Labute approximate surface area is 120 Å². The van der Waals surface area contributed by atoms with E-state index in [0.717, 1.165) is 31.8 Å². The quantitative estimate of drug-likeness (QED) is 0.886. The van der Waals surface area contributed by atoms with Gasteiger partial charge in [0.1, 0.15) is 0 Å². The molecule has 1 aliphatic carbocycles. The van der Waals surface area contributed by atoms with E-state index < -0.39 is 0 Å². The van der Waals surface area contributed by atoms with Gasteiger partial charge in [-0.2, -0.15) is 0 Å². The Hall–Kier alpha value is -1.06. The number of hydrogen-bond acceptors (Lipinski definition) is 2. The van der Waals surface area contributed by atoms with Crippen molar-refractivity contribution in [2.45, 2.75) is 38.3 Å². The number of amides is 1. The first-order chi connectivity index (χ1) is 8.83. The van der Waals surface area contributed by atoms with Gasteiger partial charge in [-0.3, -0.25) is 4.79 Å². The lowest BCUT2D eigenvalue weighted by Crippen LogP contribution is -2.47. The van der Waals surface area contributed by atoms with Gasteiger partial charge in [-0.05, 0) is 29.9 Å². The average molecular weight is 281 g/mol. The molecule has 3 rings (SSSR count). The molecule has 3 nitrogen and oxygen atoms in total. The fourth-order valence-electron chi connectivity index (χ4n) is 2.57. The van der Waals surface area contributed by atoms with Gasteiger partial charge in [-0.25, -0.2) is 0 Å². The molecule has 1 unspecified atom stereocenters. The predicted molar refractivity (Wildman–Crippen MR) is 78.4 cm³/mol. The highest BCUT2D eigenvalue weighted by Crippen LogP contribution is 2.31. The first-order valence-electron chi connectivity index (χ1n) is 6.91. The summed E-state index contributed by atoms with van der Waals surface area (Å²) in [4.78, 5) is 12.0. The van der Waals surface area contributed by atoms with E-state index in [4.69, 9.17) is 0 Å². The number of rotatable bonds is 4. The standard InChI is InChI=1S/C15H20N2O.ClH/c18-15(16-8-7-11-5-6-11)14-9-12-3-1-2-4-13(12)10-17-14;/h1-4,11,14,17H,5-10H2,(H,16,18);1H. The van der Waals surface area contributed by atoms with Crippen LogP contribution in [0.3, 0.4) is 0 Å². The van der Waals surface area contributed by atoms with Crippen LogP contribution in [-0.4, -0.2) is 18.5 Å². The van der Waals surface area contributed by atoms with Gasteiger partial charge in [0.2, 0.25) is 5.91 Å². The first-order valence-corrected chi connectivity index (χ1v) is 6.91. The lowest BCUT2D eigenvalue weighted by atomic mass is 9.95. The van der Waals surface area contributed by atoms with Crippen LogP contribution in [0, 0.1) is 5.92 Å². The van der Waals surface area contributed by atoms with Crippen molar-refractivity contribution in [3.8, 4) is 0 Å². The van der Waals surface area contributed by atoms with Crippen LogP contribution in [0.2, 0.25) is 0 Å². The zero-order valence-corrected chi connectivity index (χ0v) is 11.8. The summed E-state index contributed by atoms with van der Waals surface area (Å²) in [5.41, 5.74) is 2.62. The molecule has 2 N–H and O–H groups in total. The lowest BCUT2D eigenvalue weighted by molar-refractivity contribution is -0.123. The van der Waals surface area contributed by atoms with E-state index in [2.05, 4.69) is 28.8 Å². The predicted octanol–water partition coefficient (Wildman–Crippen LogP) is 2.04. The molecule has 0 radical (unpaired) electrons. The highest BCUT2D eigenvalue weighted by Gasteiger charge is 2.25. The summed E-state index contributed by atoms with van der Waals surface area (Å²) in [5.74, 6) is 1.04. The Morgan fingerprint density at radius 1 is 1.26 bits per heavy atom. The fraction of sp³-hybridized carbons (Fsp3) is 0.533. The Balaban J connectivity index is 0.00000133. The third-order valence-electron chi connectivity index (χ3n) is 3.95. The molecular weight excluding hydrogens is 260 g/mol. The maximum Gasteiger partial charge on any atom is 0.237 e. The van der Waals surface area contributed by atoms with Crippen molar-refractivity contribution in [2.24, 2.45) is 5.92 Å². The van der Waals surface area contributed by atoms with Crippen LogP contribution in [0.5, 0.6) is 0 Å². The Morgan fingerprint density at radius 3 is 2.74 bits per heavy atom. The minimum Gasteiger partial charge on any atom is -0.355 e. The Bertz CT molecular complexity index is 446. The number of hydrogen-bond donors (Lipinski definition) is 2. The van der Waals surface area contributed by atoms with Gasteiger partial charge in [-0.1, -0.05) is 37.1 Å². The zero-order valence-electron chi connectivity index (χ0n) is 11.0. The van der Waals surface area contributed by atoms with Crippen molar-refractivity contribution in [3.05, 3.63) is 35.4 Å². The SMILES string of the molecule is Cl.O=C(NCCC1CC1)C1Cc2ccccc2CN1. The van der Waals surface area contributed by atoms with Crippen LogP contribution >= 0.6 is 12.4 Å². The Kier molecular flexibility index (Phi) is 4.83. The van der Waals surface area contributed by atoms with Crippen molar-refractivity contribution in [2.75, 3.05) is 6.54 Å². The summed E-state index contributed by atoms with van der Waals surface area (Å²) in [5, 5.41) is 6.37. The average Bonchev–Trinajstić information content (AvgIpc) is 3.22. The second-order valence-corrected chi connectivity index (χ2v) is 5.43. The maximum atomic E-state index is 12.0. The van der Waals surface area contributed by atoms with Gasteiger partial charge in [0, 0.05) is 13.1 Å². The minimum atomic E-state index is -0.0564. The van der Waals surface area contributed by atoms with Gasteiger partial charge in [0.25, 0.3) is 0 Å². The number of benzene rings is 1. The summed E-state index contributed by atoms with van der Waals surface area (Å²) < 4.78 is 0. The van der Waals surface area contributed by atoms with E-state index in [1.54, 1.807) is 0 Å². The highest BCUT2D eigenvalue weighted by atomic mass is 35.5. The van der Waals surface area contributed by atoms with Crippen molar-refractivity contribution in [1.29, 1.82) is 0 Å². The molecule has 1 atom stereocenters. The maximum absolute atomic E-state index is 12.0. The molecule has 1 aromatic carbocycles. The molecule has 0 saturated heterocycles. The van der Waals surface area contributed by atoms with Crippen LogP contribution in [-0.2, 0) is 17.8 Å². The molecule has 1 fully saturated rings. The summed E-state index contributed by atoms with van der Waals surface area (Å²) in [7, 11) is 0. The summed E-state index contributed by atoms with van der Waals surface area (Å²) in [6.07, 6.45) is 4.66. The van der Waals surface area contributed by atoms with E-state index in [9.17, 15) is 4.79 Å². The van der Waals surface area contributed by atoms with Crippen LogP contribution in [0.4, 0.5) is 0 Å². The van der Waals surface area contributed by atoms with Crippen molar-refractivity contribution >= 4 is 18.3 Å². The lowest BCUT2D eigenvalue weighted by Gasteiger charge is -2.25. The molecule has 19 heavy (non-hydrogen) atoms. The molecule has 1 aliphatic heterocycles. The number of nitrogens with one attached hydrogen (secondary N) is 2. The van der Waals surface area contributed by atoms with E-state index in [-0.39, 0.29) is 24.4 Å². The summed E-state index contributed by atoms with van der Waals surface area (Å²) in [6, 6.07) is 8.30. The van der Waals surface area contributed by atoms with Crippen molar-refractivity contribution < 1.29 is 4.79 Å². The summed E-state index contributed by atoms with van der Waals surface area (Å²) >= 11 is 0. The molecule has 1 saturated carbocycles. The third-order valence-corrected chi connectivity index (χ3v) is 3.95. The number of carbonyl (C=O) groups is 1. The molecule has 1 heterocycles. The summed E-state index contributed by atoms with van der Waals surface area (Å²) in [6.45, 7) is 1.64. The third kappa shape index (κ3) is 3.71. The minimum absolute atomic E-state index is 0. The number of carbonyl (C=O) groups excluding carboxylic acids is 1. The molecule has 104 valence electrons. The molecule has 0 spiro atoms. The number of halogens is 1. The van der Waals surface area contributed by atoms with Gasteiger partial charge >= 0.3 is 0 Å². The molecule has 2 aliphatic rings. The molecule has 1 amide bonds. The second kappa shape index (κ2) is 6.40. The van der Waals surface area contributed by atoms with Gasteiger partial charge in [-0.15, -0.1) is 12.4 Å². The smallest absolute Gasteiger partial charge is 0.237 e. The van der Waals surface area contributed by atoms with Gasteiger partial charge in [0.15, 0.2) is 0 Å². The fourth-order valence-corrected chi connectivity index (χ4v) is 2.57. The van der Waals surface area contributed by atoms with Crippen LogP contribution < -0.4 is 10.6 Å². The normalized spacial score (nSPS) is 21.2. The zero-order chi connectivity index (χ0) is 12.4. The second-order valence-electron chi connectivity index (χ2n) is 5.43. The topological polar surface area (TPSA) is 41.1 Å². The van der Waals surface area contributed by atoms with E-state index in [1.807, 2.05) is 6.07 Å². The van der Waals surface area contributed by atoms with Gasteiger partial charge in [0.05, 0.1) is 6.04 Å². The van der Waals surface area contributed by atoms with Gasteiger partial charge < -0.3 is 10.6 Å². The largest absolute Gasteiger partial charge is 0.355 e. The first kappa shape index (κ1) is 14.4. The monoisotopic (exact) mass is 280 g/mol. The molecule has 0 aromatic heterocycles. The van der Waals surface area contributed by atoms with Crippen molar-refractivity contribution in [1.82, 2.24) is 10.6 Å². The Morgan fingerprint density at radius 2 is 2.00 bits per heavy atom. The van der Waals surface area contributed by atoms with E-state index >= 15 is 0 Å². The van der Waals surface area contributed by atoms with E-state index in [1.165, 1.54) is 24.0 Å². The van der Waals surface area contributed by atoms with Crippen molar-refractivity contribution in [3.63, 3.8) is 0 Å². The van der Waals surface area contributed by atoms with Crippen LogP contribution in [0.15, 0.2) is 24.3 Å². The molecule has 4 heteroatoms. The highest BCUT2D eigenvalue weighted by molar-refractivity contribution is 5.85. The van der Waals surface area contributed by atoms with E-state index in [0.29, 0.717) is 0 Å². The van der Waals surface area contributed by atoms with Crippen LogP contribution in [0.1, 0.15) is 30.4 Å². The molecule has 0 bridgehead atoms. The molecule has 1 aromatic rings. The molecular formula is C15H21ClN2O.